The summed E-state index contributed by atoms with van der Waals surface area (Å²) in [5.74, 6) is -0.174. The monoisotopic (exact) mass is 496 g/mol. The van der Waals surface area contributed by atoms with E-state index in [1.807, 2.05) is 43.3 Å². The van der Waals surface area contributed by atoms with E-state index in [0.29, 0.717) is 6.54 Å². The van der Waals surface area contributed by atoms with Gasteiger partial charge in [-0.1, -0.05) is 67.8 Å². The predicted octanol–water partition coefficient (Wildman–Crippen LogP) is 6.72. The van der Waals surface area contributed by atoms with Crippen molar-refractivity contribution in [3.63, 3.8) is 0 Å². The fourth-order valence-corrected chi connectivity index (χ4v) is 4.83. The summed E-state index contributed by atoms with van der Waals surface area (Å²) >= 11 is 0. The molecule has 37 heavy (non-hydrogen) atoms. The SMILES string of the molecule is COC(=O)C=Cc1cccc(N(Cc2ccc(-c3ccc(N(C)C)cc3)cc2)C(=O)C2CCCCC2)c1. The first-order chi connectivity index (χ1) is 17.9. The van der Waals surface area contributed by atoms with Crippen LogP contribution in [0.1, 0.15) is 43.2 Å². The smallest absolute Gasteiger partial charge is 0.330 e. The number of nitrogens with zero attached hydrogens (tertiary/aromatic N) is 2. The zero-order valence-electron chi connectivity index (χ0n) is 22.0. The minimum Gasteiger partial charge on any atom is -0.466 e. The number of carbonyl (C=O) groups is 2. The van der Waals surface area contributed by atoms with E-state index in [0.717, 1.165) is 53.6 Å². The molecule has 4 rings (SSSR count). The van der Waals surface area contributed by atoms with Crippen molar-refractivity contribution >= 4 is 29.3 Å². The third-order valence-corrected chi connectivity index (χ3v) is 7.03. The first kappa shape index (κ1) is 26.2. The molecule has 5 nitrogen and oxygen atoms in total. The van der Waals surface area contributed by atoms with Crippen LogP contribution in [0.15, 0.2) is 78.9 Å². The second-order valence-corrected chi connectivity index (χ2v) is 9.85. The first-order valence-corrected chi connectivity index (χ1v) is 13.0. The van der Waals surface area contributed by atoms with Crippen LogP contribution in [0.2, 0.25) is 0 Å². The summed E-state index contributed by atoms with van der Waals surface area (Å²) in [7, 11) is 5.43. The van der Waals surface area contributed by atoms with E-state index < -0.39 is 5.97 Å². The van der Waals surface area contributed by atoms with Gasteiger partial charge in [-0.15, -0.1) is 0 Å². The van der Waals surface area contributed by atoms with Crippen LogP contribution in [0.25, 0.3) is 17.2 Å². The van der Waals surface area contributed by atoms with Gasteiger partial charge in [-0.3, -0.25) is 4.79 Å². The number of hydrogen-bond acceptors (Lipinski definition) is 4. The van der Waals surface area contributed by atoms with Crippen molar-refractivity contribution in [2.24, 2.45) is 5.92 Å². The van der Waals surface area contributed by atoms with Crippen LogP contribution in [0, 0.1) is 5.92 Å². The highest BCUT2D eigenvalue weighted by Gasteiger charge is 2.27. The summed E-state index contributed by atoms with van der Waals surface area (Å²) in [4.78, 5) is 29.3. The lowest BCUT2D eigenvalue weighted by atomic mass is 9.88. The molecule has 1 aliphatic carbocycles. The molecule has 0 bridgehead atoms. The molecular weight excluding hydrogens is 460 g/mol. The number of benzene rings is 3. The zero-order valence-corrected chi connectivity index (χ0v) is 22.0. The fourth-order valence-electron chi connectivity index (χ4n) is 4.83. The molecule has 0 aromatic heterocycles. The van der Waals surface area contributed by atoms with E-state index in [1.54, 1.807) is 6.08 Å². The second-order valence-electron chi connectivity index (χ2n) is 9.85. The third kappa shape index (κ3) is 6.88. The highest BCUT2D eigenvalue weighted by atomic mass is 16.5. The summed E-state index contributed by atoms with van der Waals surface area (Å²) in [6.07, 6.45) is 8.42. The lowest BCUT2D eigenvalue weighted by Gasteiger charge is -2.30. The maximum atomic E-state index is 13.7. The Morgan fingerprint density at radius 2 is 1.51 bits per heavy atom. The van der Waals surface area contributed by atoms with Gasteiger partial charge < -0.3 is 14.5 Å². The van der Waals surface area contributed by atoms with E-state index >= 15 is 0 Å². The summed E-state index contributed by atoms with van der Waals surface area (Å²) in [5, 5.41) is 0. The van der Waals surface area contributed by atoms with Gasteiger partial charge in [0.2, 0.25) is 5.91 Å². The third-order valence-electron chi connectivity index (χ3n) is 7.03. The van der Waals surface area contributed by atoms with Crippen molar-refractivity contribution in [3.05, 3.63) is 90.0 Å². The van der Waals surface area contributed by atoms with Gasteiger partial charge in [0.05, 0.1) is 13.7 Å². The molecule has 192 valence electrons. The molecule has 1 fully saturated rings. The van der Waals surface area contributed by atoms with Gasteiger partial charge >= 0.3 is 5.97 Å². The highest BCUT2D eigenvalue weighted by Crippen LogP contribution is 2.30. The Balaban J connectivity index is 1.58. The predicted molar refractivity (Wildman–Crippen MR) is 151 cm³/mol. The summed E-state index contributed by atoms with van der Waals surface area (Å²) in [6.45, 7) is 0.499. The average Bonchev–Trinajstić information content (AvgIpc) is 2.95. The second kappa shape index (κ2) is 12.4. The number of rotatable bonds is 8. The number of hydrogen-bond donors (Lipinski definition) is 0. The van der Waals surface area contributed by atoms with Crippen molar-refractivity contribution in [1.82, 2.24) is 0 Å². The maximum absolute atomic E-state index is 13.7. The Morgan fingerprint density at radius 1 is 0.865 bits per heavy atom. The average molecular weight is 497 g/mol. The minimum atomic E-state index is -0.406. The van der Waals surface area contributed by atoms with Crippen LogP contribution in [-0.2, 0) is 20.9 Å². The van der Waals surface area contributed by atoms with Crippen molar-refractivity contribution in [2.75, 3.05) is 31.0 Å². The topological polar surface area (TPSA) is 49.9 Å². The largest absolute Gasteiger partial charge is 0.466 e. The van der Waals surface area contributed by atoms with Gasteiger partial charge in [-0.05, 0) is 65.4 Å². The van der Waals surface area contributed by atoms with Crippen LogP contribution in [0.5, 0.6) is 0 Å². The van der Waals surface area contributed by atoms with Crippen molar-refractivity contribution in [3.8, 4) is 11.1 Å². The molecule has 3 aromatic carbocycles. The van der Waals surface area contributed by atoms with Gasteiger partial charge in [0.25, 0.3) is 0 Å². The molecule has 0 radical (unpaired) electrons. The molecule has 0 aliphatic heterocycles. The Kier molecular flexibility index (Phi) is 8.78. The zero-order chi connectivity index (χ0) is 26.2. The Hall–Kier alpha value is -3.86. The number of carbonyl (C=O) groups excluding carboxylic acids is 2. The number of methoxy groups -OCH3 is 1. The lowest BCUT2D eigenvalue weighted by molar-refractivity contribution is -0.134. The van der Waals surface area contributed by atoms with Crippen LogP contribution < -0.4 is 9.80 Å². The molecule has 5 heteroatoms. The quantitative estimate of drug-likeness (QED) is 0.257. The molecule has 1 aliphatic rings. The van der Waals surface area contributed by atoms with Gasteiger partial charge in [0.15, 0.2) is 0 Å². The molecule has 0 saturated heterocycles. The number of amides is 1. The molecule has 1 saturated carbocycles. The Labute approximate surface area is 220 Å². The van der Waals surface area contributed by atoms with Crippen molar-refractivity contribution in [2.45, 2.75) is 38.6 Å². The van der Waals surface area contributed by atoms with E-state index in [2.05, 4.69) is 53.4 Å². The molecule has 3 aromatic rings. The Bertz CT molecular complexity index is 1220. The molecule has 0 unspecified atom stereocenters. The fraction of sp³-hybridized carbons (Fsp3) is 0.312. The van der Waals surface area contributed by atoms with Gasteiger partial charge in [-0.25, -0.2) is 4.79 Å². The molecule has 0 spiro atoms. The van der Waals surface area contributed by atoms with Gasteiger partial charge in [0, 0.05) is 37.5 Å². The van der Waals surface area contributed by atoms with Crippen molar-refractivity contribution < 1.29 is 14.3 Å². The van der Waals surface area contributed by atoms with Crippen LogP contribution in [-0.4, -0.2) is 33.1 Å². The minimum absolute atomic E-state index is 0.0532. The van der Waals surface area contributed by atoms with E-state index in [4.69, 9.17) is 4.74 Å². The molecule has 0 N–H and O–H groups in total. The summed E-state index contributed by atoms with van der Waals surface area (Å²) in [5.41, 5.74) is 6.24. The first-order valence-electron chi connectivity index (χ1n) is 13.0. The van der Waals surface area contributed by atoms with E-state index in [-0.39, 0.29) is 11.8 Å². The lowest BCUT2D eigenvalue weighted by Crippen LogP contribution is -2.36. The molecular formula is C32H36N2O3. The number of esters is 1. The van der Waals surface area contributed by atoms with Gasteiger partial charge in [0.1, 0.15) is 0 Å². The summed E-state index contributed by atoms with van der Waals surface area (Å²) in [6, 6.07) is 24.7. The number of anilines is 2. The standard InChI is InChI=1S/C32H36N2O3/c1-33(2)29-19-17-27(18-20-29)26-15-12-25(13-16-26)23-34(32(36)28-9-5-4-6-10-28)30-11-7-8-24(22-30)14-21-31(35)37-3/h7-8,11-22,28H,4-6,9-10,23H2,1-3H3. The summed E-state index contributed by atoms with van der Waals surface area (Å²) < 4.78 is 4.71. The number of ether oxygens (including phenoxy) is 1. The maximum Gasteiger partial charge on any atom is 0.330 e. The highest BCUT2D eigenvalue weighted by molar-refractivity contribution is 5.95. The molecule has 0 heterocycles. The van der Waals surface area contributed by atoms with Gasteiger partial charge in [-0.2, -0.15) is 0 Å². The van der Waals surface area contributed by atoms with E-state index in [9.17, 15) is 9.59 Å². The normalized spacial score (nSPS) is 13.9. The van der Waals surface area contributed by atoms with E-state index in [1.165, 1.54) is 25.3 Å². The molecule has 0 atom stereocenters. The van der Waals surface area contributed by atoms with Crippen LogP contribution in [0.4, 0.5) is 11.4 Å². The van der Waals surface area contributed by atoms with Crippen molar-refractivity contribution in [1.29, 1.82) is 0 Å². The molecule has 1 amide bonds. The van der Waals surface area contributed by atoms with Crippen LogP contribution >= 0.6 is 0 Å². The Morgan fingerprint density at radius 3 is 2.14 bits per heavy atom. The van der Waals surface area contributed by atoms with Crippen LogP contribution in [0.3, 0.4) is 0 Å².